The number of aryl methyl sites for hydroxylation is 2. The van der Waals surface area contributed by atoms with E-state index in [1.165, 1.54) is 0 Å². The van der Waals surface area contributed by atoms with Gasteiger partial charge in [0.15, 0.2) is 5.65 Å². The second kappa shape index (κ2) is 2.20. The molecular formula is C8H9N3O. The summed E-state index contributed by atoms with van der Waals surface area (Å²) in [5.74, 6) is 0. The predicted molar refractivity (Wildman–Crippen MR) is 45.3 cm³/mol. The van der Waals surface area contributed by atoms with Crippen LogP contribution in [-0.2, 0) is 0 Å². The van der Waals surface area contributed by atoms with E-state index >= 15 is 0 Å². The third kappa shape index (κ3) is 0.845. The highest BCUT2D eigenvalue weighted by atomic mass is 16.1. The molecule has 2 heterocycles. The van der Waals surface area contributed by atoms with Crippen LogP contribution in [-0.4, -0.2) is 14.6 Å². The first-order chi connectivity index (χ1) is 5.68. The van der Waals surface area contributed by atoms with E-state index in [4.69, 9.17) is 0 Å². The van der Waals surface area contributed by atoms with Gasteiger partial charge >= 0.3 is 5.69 Å². The van der Waals surface area contributed by atoms with Gasteiger partial charge in [-0.15, -0.1) is 0 Å². The number of aromatic nitrogens is 3. The summed E-state index contributed by atoms with van der Waals surface area (Å²) in [7, 11) is 0. The average Bonchev–Trinajstić information content (AvgIpc) is 2.31. The SMILES string of the molecule is Cc1cc(C)n2c(=O)[nH]nc2c1. The number of nitrogens with one attached hydrogen (secondary N) is 1. The monoisotopic (exact) mass is 163 g/mol. The van der Waals surface area contributed by atoms with Crippen molar-refractivity contribution in [3.63, 3.8) is 0 Å². The Balaban J connectivity index is 3.03. The summed E-state index contributed by atoms with van der Waals surface area (Å²) < 4.78 is 1.55. The molecule has 0 amide bonds. The summed E-state index contributed by atoms with van der Waals surface area (Å²) in [5, 5.41) is 6.27. The number of rotatable bonds is 0. The molecule has 2 aromatic rings. The fourth-order valence-electron chi connectivity index (χ4n) is 1.39. The minimum Gasteiger partial charge on any atom is -0.248 e. The van der Waals surface area contributed by atoms with Crippen LogP contribution < -0.4 is 5.69 Å². The van der Waals surface area contributed by atoms with Crippen molar-refractivity contribution in [2.75, 3.05) is 0 Å². The van der Waals surface area contributed by atoms with E-state index in [2.05, 4.69) is 10.2 Å². The zero-order chi connectivity index (χ0) is 8.72. The molecule has 0 unspecified atom stereocenters. The second-order valence-corrected chi connectivity index (χ2v) is 2.90. The molecule has 0 aliphatic heterocycles. The van der Waals surface area contributed by atoms with Crippen LogP contribution in [0.2, 0.25) is 0 Å². The van der Waals surface area contributed by atoms with Gasteiger partial charge < -0.3 is 0 Å². The highest BCUT2D eigenvalue weighted by Crippen LogP contribution is 2.04. The van der Waals surface area contributed by atoms with Crippen molar-refractivity contribution in [2.45, 2.75) is 13.8 Å². The molecule has 0 spiro atoms. The Bertz CT molecular complexity index is 480. The summed E-state index contributed by atoms with van der Waals surface area (Å²) in [5.41, 5.74) is 2.52. The molecule has 0 saturated carbocycles. The highest BCUT2D eigenvalue weighted by molar-refractivity contribution is 5.41. The zero-order valence-corrected chi connectivity index (χ0v) is 6.96. The molecule has 2 rings (SSSR count). The van der Waals surface area contributed by atoms with Crippen LogP contribution in [0.3, 0.4) is 0 Å². The fourth-order valence-corrected chi connectivity index (χ4v) is 1.39. The van der Waals surface area contributed by atoms with Crippen molar-refractivity contribution >= 4 is 5.65 Å². The van der Waals surface area contributed by atoms with Gasteiger partial charge in [0.25, 0.3) is 0 Å². The number of hydrogen-bond acceptors (Lipinski definition) is 2. The molecule has 0 bridgehead atoms. The van der Waals surface area contributed by atoms with Crippen molar-refractivity contribution < 1.29 is 0 Å². The molecule has 0 fully saturated rings. The number of pyridine rings is 1. The number of hydrogen-bond donors (Lipinski definition) is 1. The molecule has 0 atom stereocenters. The highest BCUT2D eigenvalue weighted by Gasteiger charge is 2.01. The average molecular weight is 163 g/mol. The first-order valence-corrected chi connectivity index (χ1v) is 3.73. The van der Waals surface area contributed by atoms with E-state index in [9.17, 15) is 4.79 Å². The lowest BCUT2D eigenvalue weighted by molar-refractivity contribution is 0.988. The van der Waals surface area contributed by atoms with Crippen LogP contribution in [0, 0.1) is 13.8 Å². The standard InChI is InChI=1S/C8H9N3O/c1-5-3-6(2)11-7(4-5)9-10-8(11)12/h3-4H,1-2H3,(H,10,12). The van der Waals surface area contributed by atoms with Crippen molar-refractivity contribution in [1.82, 2.24) is 14.6 Å². The molecule has 2 aromatic heterocycles. The van der Waals surface area contributed by atoms with Crippen molar-refractivity contribution in [3.8, 4) is 0 Å². The molecule has 0 aromatic carbocycles. The molecule has 12 heavy (non-hydrogen) atoms. The Labute approximate surface area is 68.8 Å². The van der Waals surface area contributed by atoms with Gasteiger partial charge in [-0.2, -0.15) is 5.10 Å². The maximum Gasteiger partial charge on any atom is 0.347 e. The summed E-state index contributed by atoms with van der Waals surface area (Å²) in [4.78, 5) is 11.2. The van der Waals surface area contributed by atoms with Crippen LogP contribution in [0.5, 0.6) is 0 Å². The first-order valence-electron chi connectivity index (χ1n) is 3.73. The number of aromatic amines is 1. The van der Waals surface area contributed by atoms with E-state index in [1.807, 2.05) is 26.0 Å². The maximum absolute atomic E-state index is 11.2. The van der Waals surface area contributed by atoms with Gasteiger partial charge in [0.2, 0.25) is 0 Å². The Morgan fingerprint density at radius 2 is 2.17 bits per heavy atom. The van der Waals surface area contributed by atoms with Gasteiger partial charge in [0.05, 0.1) is 0 Å². The van der Waals surface area contributed by atoms with E-state index in [0.29, 0.717) is 5.65 Å². The normalized spacial score (nSPS) is 10.8. The summed E-state index contributed by atoms with van der Waals surface area (Å²) in [6, 6.07) is 3.81. The fraction of sp³-hybridized carbons (Fsp3) is 0.250. The van der Waals surface area contributed by atoms with Crippen molar-refractivity contribution in [2.24, 2.45) is 0 Å². The van der Waals surface area contributed by atoms with E-state index in [-0.39, 0.29) is 5.69 Å². The van der Waals surface area contributed by atoms with Gasteiger partial charge in [-0.05, 0) is 31.5 Å². The summed E-state index contributed by atoms with van der Waals surface area (Å²) in [6.45, 7) is 3.86. The molecule has 62 valence electrons. The topological polar surface area (TPSA) is 50.2 Å². The Morgan fingerprint density at radius 1 is 1.42 bits per heavy atom. The molecule has 0 aliphatic rings. The second-order valence-electron chi connectivity index (χ2n) is 2.90. The smallest absolute Gasteiger partial charge is 0.248 e. The number of fused-ring (bicyclic) bond motifs is 1. The zero-order valence-electron chi connectivity index (χ0n) is 6.96. The van der Waals surface area contributed by atoms with Crippen LogP contribution in [0.4, 0.5) is 0 Å². The molecule has 4 heteroatoms. The molecule has 0 aliphatic carbocycles. The number of nitrogens with zero attached hydrogens (tertiary/aromatic N) is 2. The Hall–Kier alpha value is -1.58. The Morgan fingerprint density at radius 3 is 2.92 bits per heavy atom. The molecule has 0 radical (unpaired) electrons. The van der Waals surface area contributed by atoms with Crippen LogP contribution in [0.15, 0.2) is 16.9 Å². The largest absolute Gasteiger partial charge is 0.347 e. The third-order valence-corrected chi connectivity index (χ3v) is 1.84. The molecule has 0 saturated heterocycles. The Kier molecular flexibility index (Phi) is 1.30. The van der Waals surface area contributed by atoms with Gasteiger partial charge in [-0.1, -0.05) is 0 Å². The maximum atomic E-state index is 11.2. The third-order valence-electron chi connectivity index (χ3n) is 1.84. The van der Waals surface area contributed by atoms with Gasteiger partial charge in [0, 0.05) is 5.69 Å². The summed E-state index contributed by atoms with van der Waals surface area (Å²) >= 11 is 0. The molecule has 4 nitrogen and oxygen atoms in total. The van der Waals surface area contributed by atoms with E-state index in [0.717, 1.165) is 11.3 Å². The van der Waals surface area contributed by atoms with Gasteiger partial charge in [0.1, 0.15) is 0 Å². The minimum atomic E-state index is -0.178. The van der Waals surface area contributed by atoms with Crippen LogP contribution in [0.1, 0.15) is 11.3 Å². The van der Waals surface area contributed by atoms with Crippen LogP contribution in [0.25, 0.3) is 5.65 Å². The molecular weight excluding hydrogens is 154 g/mol. The van der Waals surface area contributed by atoms with Crippen molar-refractivity contribution in [1.29, 1.82) is 0 Å². The van der Waals surface area contributed by atoms with Gasteiger partial charge in [-0.3, -0.25) is 0 Å². The summed E-state index contributed by atoms with van der Waals surface area (Å²) in [6.07, 6.45) is 0. The van der Waals surface area contributed by atoms with E-state index < -0.39 is 0 Å². The van der Waals surface area contributed by atoms with E-state index in [1.54, 1.807) is 4.40 Å². The van der Waals surface area contributed by atoms with Crippen LogP contribution >= 0.6 is 0 Å². The van der Waals surface area contributed by atoms with Gasteiger partial charge in [-0.25, -0.2) is 14.3 Å². The lowest BCUT2D eigenvalue weighted by Crippen LogP contribution is -2.11. The predicted octanol–water partition coefficient (Wildman–Crippen LogP) is 0.639. The van der Waals surface area contributed by atoms with Crippen molar-refractivity contribution in [3.05, 3.63) is 33.9 Å². The lowest BCUT2D eigenvalue weighted by atomic mass is 10.2. The lowest BCUT2D eigenvalue weighted by Gasteiger charge is -1.97. The minimum absolute atomic E-state index is 0.178. The number of H-pyrrole nitrogens is 1. The quantitative estimate of drug-likeness (QED) is 0.619. The first kappa shape index (κ1) is 7.09. The molecule has 1 N–H and O–H groups in total.